The zero-order valence-electron chi connectivity index (χ0n) is 11.5. The van der Waals surface area contributed by atoms with Gasteiger partial charge in [0.25, 0.3) is 0 Å². The second kappa shape index (κ2) is 6.82. The summed E-state index contributed by atoms with van der Waals surface area (Å²) in [7, 11) is 6.47. The van der Waals surface area contributed by atoms with Crippen molar-refractivity contribution in [1.29, 1.82) is 0 Å². The zero-order chi connectivity index (χ0) is 13.0. The molecule has 19 heavy (non-hydrogen) atoms. The maximum absolute atomic E-state index is 4.47. The summed E-state index contributed by atoms with van der Waals surface area (Å²) in [5, 5.41) is 0. The predicted octanol–water partition coefficient (Wildman–Crippen LogP) is 0.638. The highest BCUT2D eigenvalue weighted by Gasteiger charge is 2.10. The maximum atomic E-state index is 4.47. The number of nitrogens with zero attached hydrogens (tertiary/aromatic N) is 2. The SMILES string of the molecule is C[N+](C)(C)c1ccc(N=Cc2ccccc2)cc1.[I-]. The van der Waals surface area contributed by atoms with E-state index in [0.29, 0.717) is 0 Å². The molecule has 0 aliphatic heterocycles. The standard InChI is InChI=1S/C16H19N2.HI/c1-18(2,3)16-11-9-15(10-12-16)17-13-14-7-5-4-6-8-14;/h4-13H,1-3H3;1H/q+1;/p-1. The summed E-state index contributed by atoms with van der Waals surface area (Å²) in [4.78, 5) is 4.47. The lowest BCUT2D eigenvalue weighted by atomic mass is 10.2. The van der Waals surface area contributed by atoms with Gasteiger partial charge < -0.3 is 24.0 Å². The first-order chi connectivity index (χ1) is 8.55. The monoisotopic (exact) mass is 366 g/mol. The third kappa shape index (κ3) is 4.76. The Bertz CT molecular complexity index is 525. The summed E-state index contributed by atoms with van der Waals surface area (Å²) in [6.45, 7) is 0. The van der Waals surface area contributed by atoms with Gasteiger partial charge in [-0.1, -0.05) is 30.3 Å². The number of rotatable bonds is 3. The fourth-order valence-corrected chi connectivity index (χ4v) is 1.67. The molecule has 0 heterocycles. The van der Waals surface area contributed by atoms with E-state index >= 15 is 0 Å². The van der Waals surface area contributed by atoms with E-state index in [1.807, 2.05) is 36.5 Å². The second-order valence-corrected chi connectivity index (χ2v) is 5.20. The zero-order valence-corrected chi connectivity index (χ0v) is 13.7. The third-order valence-electron chi connectivity index (χ3n) is 2.79. The van der Waals surface area contributed by atoms with Crippen LogP contribution in [0.3, 0.4) is 0 Å². The Labute approximate surface area is 132 Å². The topological polar surface area (TPSA) is 12.4 Å². The Morgan fingerprint density at radius 2 is 1.42 bits per heavy atom. The molecule has 0 aromatic heterocycles. The fraction of sp³-hybridized carbons (Fsp3) is 0.188. The van der Waals surface area contributed by atoms with Gasteiger partial charge in [-0.25, -0.2) is 0 Å². The van der Waals surface area contributed by atoms with E-state index < -0.39 is 0 Å². The molecule has 0 radical (unpaired) electrons. The number of benzene rings is 2. The molecule has 2 rings (SSSR count). The van der Waals surface area contributed by atoms with E-state index in [1.54, 1.807) is 0 Å². The van der Waals surface area contributed by atoms with Gasteiger partial charge in [-0.2, -0.15) is 0 Å². The van der Waals surface area contributed by atoms with Crippen molar-refractivity contribution in [2.45, 2.75) is 0 Å². The van der Waals surface area contributed by atoms with E-state index in [1.165, 1.54) is 5.69 Å². The maximum Gasteiger partial charge on any atom is 0.132 e. The van der Waals surface area contributed by atoms with Crippen LogP contribution in [0.2, 0.25) is 0 Å². The second-order valence-electron chi connectivity index (χ2n) is 5.20. The number of hydrogen-bond donors (Lipinski definition) is 0. The molecular weight excluding hydrogens is 347 g/mol. The van der Waals surface area contributed by atoms with E-state index in [2.05, 4.69) is 50.4 Å². The van der Waals surface area contributed by atoms with Gasteiger partial charge in [-0.3, -0.25) is 9.48 Å². The summed E-state index contributed by atoms with van der Waals surface area (Å²) >= 11 is 0. The molecule has 0 saturated heterocycles. The lowest BCUT2D eigenvalue weighted by Crippen LogP contribution is -3.00. The van der Waals surface area contributed by atoms with Crippen LogP contribution in [0.1, 0.15) is 5.56 Å². The molecule has 2 aromatic rings. The average molecular weight is 366 g/mol. The first-order valence-corrected chi connectivity index (χ1v) is 6.07. The highest BCUT2D eigenvalue weighted by atomic mass is 127. The van der Waals surface area contributed by atoms with Crippen molar-refractivity contribution in [3.05, 3.63) is 60.2 Å². The van der Waals surface area contributed by atoms with Gasteiger partial charge in [-0.15, -0.1) is 0 Å². The smallest absolute Gasteiger partial charge is 0.132 e. The van der Waals surface area contributed by atoms with Crippen LogP contribution in [-0.2, 0) is 0 Å². The Morgan fingerprint density at radius 1 is 0.842 bits per heavy atom. The van der Waals surface area contributed by atoms with Gasteiger partial charge in [0.05, 0.1) is 26.8 Å². The molecule has 100 valence electrons. The molecule has 0 saturated carbocycles. The van der Waals surface area contributed by atoms with Crippen LogP contribution in [0.15, 0.2) is 59.6 Å². The molecule has 3 heteroatoms. The van der Waals surface area contributed by atoms with E-state index in [-0.39, 0.29) is 24.0 Å². The largest absolute Gasteiger partial charge is 1.00 e. The number of aliphatic imine (C=N–C) groups is 1. The minimum absolute atomic E-state index is 0. The van der Waals surface area contributed by atoms with Crippen LogP contribution in [-0.4, -0.2) is 27.4 Å². The first kappa shape index (κ1) is 15.9. The highest BCUT2D eigenvalue weighted by molar-refractivity contribution is 5.81. The van der Waals surface area contributed by atoms with Crippen molar-refractivity contribution in [2.24, 2.45) is 4.99 Å². The molecule has 0 atom stereocenters. The highest BCUT2D eigenvalue weighted by Crippen LogP contribution is 2.21. The van der Waals surface area contributed by atoms with Crippen molar-refractivity contribution >= 4 is 17.6 Å². The van der Waals surface area contributed by atoms with Crippen LogP contribution < -0.4 is 28.5 Å². The minimum Gasteiger partial charge on any atom is -1.00 e. The summed E-state index contributed by atoms with van der Waals surface area (Å²) in [6.07, 6.45) is 1.89. The van der Waals surface area contributed by atoms with Crippen molar-refractivity contribution in [3.8, 4) is 0 Å². The van der Waals surface area contributed by atoms with E-state index in [4.69, 9.17) is 0 Å². The van der Waals surface area contributed by atoms with Crippen LogP contribution >= 0.6 is 0 Å². The number of hydrogen-bond acceptors (Lipinski definition) is 1. The lowest BCUT2D eigenvalue weighted by molar-refractivity contribution is -0.00000391. The van der Waals surface area contributed by atoms with Gasteiger partial charge in [0.15, 0.2) is 0 Å². The lowest BCUT2D eigenvalue weighted by Gasteiger charge is -2.23. The van der Waals surface area contributed by atoms with Crippen molar-refractivity contribution < 1.29 is 24.0 Å². The summed E-state index contributed by atoms with van der Waals surface area (Å²) in [5.41, 5.74) is 3.37. The molecular formula is C16H19IN2. The molecule has 2 nitrogen and oxygen atoms in total. The number of quaternary nitrogens is 1. The fourth-order valence-electron chi connectivity index (χ4n) is 1.67. The van der Waals surface area contributed by atoms with Gasteiger partial charge in [-0.05, 0) is 17.7 Å². The van der Waals surface area contributed by atoms with Crippen molar-refractivity contribution in [2.75, 3.05) is 21.1 Å². The predicted molar refractivity (Wildman–Crippen MR) is 79.7 cm³/mol. The number of halogens is 1. The molecule has 2 aromatic carbocycles. The molecule has 0 spiro atoms. The van der Waals surface area contributed by atoms with Crippen molar-refractivity contribution in [1.82, 2.24) is 4.48 Å². The van der Waals surface area contributed by atoms with Crippen LogP contribution in [0, 0.1) is 0 Å². The summed E-state index contributed by atoms with van der Waals surface area (Å²) in [5.74, 6) is 0. The van der Waals surface area contributed by atoms with Crippen molar-refractivity contribution in [3.63, 3.8) is 0 Å². The van der Waals surface area contributed by atoms with Crippen LogP contribution in [0.25, 0.3) is 0 Å². The van der Waals surface area contributed by atoms with Gasteiger partial charge >= 0.3 is 0 Å². The summed E-state index contributed by atoms with van der Waals surface area (Å²) < 4.78 is 0.822. The Hall–Kier alpha value is -1.20. The van der Waals surface area contributed by atoms with Crippen LogP contribution in [0.4, 0.5) is 11.4 Å². The molecule has 0 N–H and O–H groups in total. The minimum atomic E-state index is 0. The first-order valence-electron chi connectivity index (χ1n) is 6.07. The van der Waals surface area contributed by atoms with E-state index in [9.17, 15) is 0 Å². The Balaban J connectivity index is 0.00000180. The normalized spacial score (nSPS) is 11.3. The molecule has 0 unspecified atom stereocenters. The Morgan fingerprint density at radius 3 is 1.95 bits per heavy atom. The molecule has 0 bridgehead atoms. The molecule has 0 amide bonds. The molecule has 0 fully saturated rings. The summed E-state index contributed by atoms with van der Waals surface area (Å²) in [6, 6.07) is 18.5. The van der Waals surface area contributed by atoms with Crippen LogP contribution in [0.5, 0.6) is 0 Å². The van der Waals surface area contributed by atoms with Gasteiger partial charge in [0.1, 0.15) is 5.69 Å². The molecule has 0 aliphatic carbocycles. The molecule has 0 aliphatic rings. The van der Waals surface area contributed by atoms with Gasteiger partial charge in [0, 0.05) is 18.3 Å². The van der Waals surface area contributed by atoms with Gasteiger partial charge in [0.2, 0.25) is 0 Å². The van der Waals surface area contributed by atoms with E-state index in [0.717, 1.165) is 15.7 Å². The third-order valence-corrected chi connectivity index (χ3v) is 2.79. The average Bonchev–Trinajstić information content (AvgIpc) is 2.37. The Kier molecular flexibility index (Phi) is 5.69. The quantitative estimate of drug-likeness (QED) is 0.430.